The molecule has 0 aromatic heterocycles. The fraction of sp³-hybridized carbons (Fsp3) is 0.0833. The molecule has 0 bridgehead atoms. The predicted molar refractivity (Wildman–Crippen MR) is 121 cm³/mol. The van der Waals surface area contributed by atoms with Gasteiger partial charge in [-0.25, -0.2) is 8.42 Å². The van der Waals surface area contributed by atoms with Gasteiger partial charge in [0.1, 0.15) is 10.1 Å². The third kappa shape index (κ3) is 5.47. The van der Waals surface area contributed by atoms with Gasteiger partial charge in [-0.2, -0.15) is 0 Å². The molecule has 0 saturated carbocycles. The first-order valence-corrected chi connectivity index (χ1v) is 10.9. The van der Waals surface area contributed by atoms with Crippen molar-refractivity contribution in [2.45, 2.75) is 18.7 Å². The van der Waals surface area contributed by atoms with E-state index in [1.807, 2.05) is 68.4 Å². The van der Waals surface area contributed by atoms with Crippen molar-refractivity contribution < 1.29 is 42.5 Å². The second-order valence-electron chi connectivity index (χ2n) is 7.31. The Morgan fingerprint density at radius 3 is 1.74 bits per heavy atom. The minimum Gasteiger partial charge on any atom is -0.744 e. The molecule has 0 aliphatic carbocycles. The maximum absolute atomic E-state index is 12.1. The zero-order chi connectivity index (χ0) is 21.3. The van der Waals surface area contributed by atoms with Gasteiger partial charge >= 0.3 is 29.6 Å². The number of nitrogens with one attached hydrogen (secondary N) is 2. The van der Waals surface area contributed by atoms with Gasteiger partial charge in [0.2, 0.25) is 0 Å². The molecule has 0 spiro atoms. The molecular weight excluding hydrogens is 419 g/mol. The van der Waals surface area contributed by atoms with Gasteiger partial charge in [0.05, 0.1) is 10.6 Å². The molecule has 4 rings (SSSR count). The fourth-order valence-corrected chi connectivity index (χ4v) is 4.19. The van der Waals surface area contributed by atoms with E-state index in [0.717, 1.165) is 22.5 Å². The molecule has 0 radical (unpaired) electrons. The van der Waals surface area contributed by atoms with Crippen LogP contribution < -0.4 is 40.2 Å². The Balaban J connectivity index is 0.00000272. The Morgan fingerprint density at radius 2 is 1.19 bits per heavy atom. The summed E-state index contributed by atoms with van der Waals surface area (Å²) >= 11 is 0. The molecule has 7 heteroatoms. The number of aryl methyl sites for hydroxylation is 2. The van der Waals surface area contributed by atoms with Crippen molar-refractivity contribution in [3.63, 3.8) is 0 Å². The molecule has 31 heavy (non-hydrogen) atoms. The van der Waals surface area contributed by atoms with Crippen LogP contribution in [0.3, 0.4) is 0 Å². The van der Waals surface area contributed by atoms with Gasteiger partial charge < -0.3 is 15.2 Å². The van der Waals surface area contributed by atoms with E-state index in [-0.39, 0.29) is 40.1 Å². The van der Waals surface area contributed by atoms with E-state index in [2.05, 4.69) is 10.6 Å². The van der Waals surface area contributed by atoms with Crippen LogP contribution in [0.5, 0.6) is 0 Å². The van der Waals surface area contributed by atoms with Gasteiger partial charge in [-0.05, 0) is 61.7 Å². The van der Waals surface area contributed by atoms with Crippen LogP contribution in [0, 0.1) is 13.8 Å². The Labute approximate surface area is 204 Å². The zero-order valence-corrected chi connectivity index (χ0v) is 20.5. The quantitative estimate of drug-likeness (QED) is 0.369. The first kappa shape index (κ1) is 23.3. The molecule has 0 atom stereocenters. The van der Waals surface area contributed by atoms with Crippen molar-refractivity contribution in [1.29, 1.82) is 0 Å². The predicted octanol–water partition coefficient (Wildman–Crippen LogP) is 2.85. The maximum atomic E-state index is 12.1. The minimum absolute atomic E-state index is 0. The normalized spacial score (nSPS) is 11.1. The van der Waals surface area contributed by atoms with Crippen molar-refractivity contribution in [2.24, 2.45) is 0 Å². The summed E-state index contributed by atoms with van der Waals surface area (Å²) in [4.78, 5) is -0.248. The summed E-state index contributed by atoms with van der Waals surface area (Å²) in [6.45, 7) is 3.99. The number of fused-ring (bicyclic) bond motifs is 1. The van der Waals surface area contributed by atoms with Crippen LogP contribution in [0.25, 0.3) is 10.8 Å². The Kier molecular flexibility index (Phi) is 7.09. The molecule has 5 nitrogen and oxygen atoms in total. The first-order chi connectivity index (χ1) is 14.3. The Morgan fingerprint density at radius 1 is 0.677 bits per heavy atom. The third-order valence-electron chi connectivity index (χ3n) is 4.89. The summed E-state index contributed by atoms with van der Waals surface area (Å²) in [6.07, 6.45) is 0. The summed E-state index contributed by atoms with van der Waals surface area (Å²) in [6, 6.07) is 24.2. The van der Waals surface area contributed by atoms with E-state index in [1.165, 1.54) is 0 Å². The van der Waals surface area contributed by atoms with Crippen molar-refractivity contribution in [3.05, 3.63) is 90.0 Å². The van der Waals surface area contributed by atoms with Gasteiger partial charge in [-0.15, -0.1) is 0 Å². The van der Waals surface area contributed by atoms with Crippen LogP contribution in [-0.4, -0.2) is 13.0 Å². The van der Waals surface area contributed by atoms with Crippen LogP contribution in [-0.2, 0) is 10.1 Å². The second-order valence-corrected chi connectivity index (χ2v) is 8.63. The first-order valence-electron chi connectivity index (χ1n) is 9.50. The molecule has 0 amide bonds. The van der Waals surface area contributed by atoms with Crippen LogP contribution in [0.1, 0.15) is 11.1 Å². The smallest absolute Gasteiger partial charge is 0.744 e. The van der Waals surface area contributed by atoms with Gasteiger partial charge in [0.25, 0.3) is 0 Å². The molecule has 0 saturated heterocycles. The van der Waals surface area contributed by atoms with Crippen LogP contribution in [0.2, 0.25) is 0 Å². The third-order valence-corrected chi connectivity index (χ3v) is 5.83. The minimum atomic E-state index is -4.70. The van der Waals surface area contributed by atoms with Crippen LogP contribution in [0.4, 0.5) is 22.7 Å². The molecule has 0 aliphatic rings. The number of rotatable bonds is 5. The molecular formula is C24H21N2NaO3S. The van der Waals surface area contributed by atoms with Gasteiger partial charge in [-0.1, -0.05) is 47.5 Å². The Hall–Kier alpha value is -2.35. The zero-order valence-electron chi connectivity index (χ0n) is 17.6. The summed E-state index contributed by atoms with van der Waals surface area (Å²) < 4.78 is 36.3. The van der Waals surface area contributed by atoms with Crippen LogP contribution in [0.15, 0.2) is 83.8 Å². The summed E-state index contributed by atoms with van der Waals surface area (Å²) in [5.41, 5.74) is 4.96. The van der Waals surface area contributed by atoms with Crippen molar-refractivity contribution in [1.82, 2.24) is 0 Å². The second kappa shape index (κ2) is 9.42. The Bertz CT molecular complexity index is 1320. The molecule has 0 unspecified atom stereocenters. The van der Waals surface area contributed by atoms with Crippen molar-refractivity contribution >= 4 is 43.6 Å². The van der Waals surface area contributed by atoms with E-state index >= 15 is 0 Å². The SMILES string of the molecule is Cc1ccc(Nc2ccc3c(S(=O)(=O)[O-])c(Nc4ccc(C)cc4)ccc3c2)cc1.[Na+]. The van der Waals surface area contributed by atoms with E-state index in [0.29, 0.717) is 16.5 Å². The molecule has 152 valence electrons. The number of hydrogen-bond donors (Lipinski definition) is 2. The number of benzene rings is 4. The molecule has 0 heterocycles. The van der Waals surface area contributed by atoms with Crippen molar-refractivity contribution in [3.8, 4) is 0 Å². The van der Waals surface area contributed by atoms with Gasteiger partial charge in [0, 0.05) is 22.4 Å². The molecule has 4 aromatic rings. The monoisotopic (exact) mass is 440 g/mol. The van der Waals surface area contributed by atoms with E-state index < -0.39 is 10.1 Å². The summed E-state index contributed by atoms with van der Waals surface area (Å²) in [7, 11) is -4.70. The number of hydrogen-bond acceptors (Lipinski definition) is 5. The maximum Gasteiger partial charge on any atom is 1.00 e. The standard InChI is InChI=1S/C24H22N2O3S.Na/c1-16-3-8-19(9-4-16)25-21-12-13-22-18(15-21)7-14-23(24(22)30(27,28)29)26-20-10-5-17(2)6-11-20;/h3-15,25-26H,1-2H3,(H,27,28,29);/q;+1/p-1. The van der Waals surface area contributed by atoms with E-state index in [9.17, 15) is 13.0 Å². The number of anilines is 4. The summed E-state index contributed by atoms with van der Waals surface area (Å²) in [5, 5.41) is 7.41. The van der Waals surface area contributed by atoms with Crippen molar-refractivity contribution in [2.75, 3.05) is 10.6 Å². The molecule has 2 N–H and O–H groups in total. The van der Waals surface area contributed by atoms with Gasteiger partial charge in [-0.3, -0.25) is 0 Å². The largest absolute Gasteiger partial charge is 1.00 e. The molecule has 0 fully saturated rings. The topological polar surface area (TPSA) is 81.3 Å². The summed E-state index contributed by atoms with van der Waals surface area (Å²) in [5.74, 6) is 0. The van der Waals surface area contributed by atoms with E-state index in [1.54, 1.807) is 24.3 Å². The molecule has 0 aliphatic heterocycles. The van der Waals surface area contributed by atoms with E-state index in [4.69, 9.17) is 0 Å². The molecule has 4 aromatic carbocycles. The van der Waals surface area contributed by atoms with Crippen LogP contribution >= 0.6 is 0 Å². The van der Waals surface area contributed by atoms with Gasteiger partial charge in [0.15, 0.2) is 0 Å². The fourth-order valence-electron chi connectivity index (χ4n) is 3.34. The average molecular weight is 441 g/mol. The average Bonchev–Trinajstić information content (AvgIpc) is 2.70.